The van der Waals surface area contributed by atoms with E-state index < -0.39 is 0 Å². The number of ether oxygens (including phenoxy) is 1. The maximum atomic E-state index is 12.0. The zero-order chi connectivity index (χ0) is 15.2. The first-order valence-corrected chi connectivity index (χ1v) is 8.69. The van der Waals surface area contributed by atoms with Gasteiger partial charge in [-0.1, -0.05) is 0 Å². The molecule has 108 valence electrons. The summed E-state index contributed by atoms with van der Waals surface area (Å²) < 4.78 is 7.45. The van der Waals surface area contributed by atoms with E-state index in [4.69, 9.17) is 10.5 Å². The molecule has 0 aliphatic rings. The van der Waals surface area contributed by atoms with Gasteiger partial charge in [-0.15, -0.1) is 0 Å². The van der Waals surface area contributed by atoms with Crippen LogP contribution in [-0.2, 0) is 9.53 Å². The van der Waals surface area contributed by atoms with Crippen molar-refractivity contribution < 1.29 is 9.53 Å². The van der Waals surface area contributed by atoms with Crippen molar-refractivity contribution in [2.24, 2.45) is 5.73 Å². The van der Waals surface area contributed by atoms with E-state index in [9.17, 15) is 4.79 Å². The number of esters is 1. The second-order valence-corrected chi connectivity index (χ2v) is 7.35. The molecule has 0 aliphatic heterocycles. The third-order valence-electron chi connectivity index (χ3n) is 2.73. The topological polar surface area (TPSA) is 52.3 Å². The van der Waals surface area contributed by atoms with Crippen LogP contribution >= 0.6 is 15.9 Å². The van der Waals surface area contributed by atoms with Gasteiger partial charge in [0.25, 0.3) is 0 Å². The minimum atomic E-state index is -0.376. The third kappa shape index (κ3) is 4.21. The molecule has 0 saturated heterocycles. The van der Waals surface area contributed by atoms with Gasteiger partial charge >= 0.3 is 138 Å². The molecule has 2 N–H and O–H groups in total. The zero-order valence-corrected chi connectivity index (χ0v) is 14.7. The van der Waals surface area contributed by atoms with Crippen molar-refractivity contribution in [3.8, 4) is 0 Å². The molecule has 2 aromatic rings. The number of carbonyl (C=O) groups excluding carboxylic acids is 1. The molecular formula is C16H14BrNO2Se. The van der Waals surface area contributed by atoms with Gasteiger partial charge in [0.1, 0.15) is 0 Å². The van der Waals surface area contributed by atoms with Crippen LogP contribution in [0.2, 0.25) is 0 Å². The van der Waals surface area contributed by atoms with Crippen molar-refractivity contribution in [2.75, 3.05) is 7.11 Å². The van der Waals surface area contributed by atoms with Crippen LogP contribution < -0.4 is 10.2 Å². The summed E-state index contributed by atoms with van der Waals surface area (Å²) >= 11 is 3.18. The van der Waals surface area contributed by atoms with Crippen molar-refractivity contribution in [3.05, 3.63) is 69.1 Å². The van der Waals surface area contributed by atoms with Gasteiger partial charge in [-0.2, -0.15) is 0 Å². The van der Waals surface area contributed by atoms with Gasteiger partial charge in [0, 0.05) is 0 Å². The fourth-order valence-electron chi connectivity index (χ4n) is 1.67. The molecule has 5 heteroatoms. The Labute approximate surface area is 138 Å². The summed E-state index contributed by atoms with van der Waals surface area (Å²) in [5, 5.41) is 0. The Bertz CT molecular complexity index is 654. The summed E-state index contributed by atoms with van der Waals surface area (Å²) in [4.78, 5) is 12.0. The number of benzene rings is 2. The summed E-state index contributed by atoms with van der Waals surface area (Å²) in [6, 6.07) is 17.4. The third-order valence-corrected chi connectivity index (χ3v) is 5.57. The second-order valence-electron chi connectivity index (χ2n) is 4.16. The van der Waals surface area contributed by atoms with Gasteiger partial charge in [-0.3, -0.25) is 0 Å². The van der Waals surface area contributed by atoms with E-state index in [2.05, 4.69) is 15.9 Å². The van der Waals surface area contributed by atoms with Crippen LogP contribution in [0.4, 0.5) is 0 Å². The predicted octanol–water partition coefficient (Wildman–Crippen LogP) is 2.28. The van der Waals surface area contributed by atoms with Crippen LogP contribution in [0.1, 0.15) is 5.56 Å². The number of hydrogen-bond donors (Lipinski definition) is 1. The van der Waals surface area contributed by atoms with Gasteiger partial charge < -0.3 is 0 Å². The molecule has 0 atom stereocenters. The minimum absolute atomic E-state index is 0.203. The molecule has 2 rings (SSSR count). The Kier molecular flexibility index (Phi) is 5.62. The van der Waals surface area contributed by atoms with Crippen molar-refractivity contribution in [3.63, 3.8) is 0 Å². The Balaban J connectivity index is 2.40. The molecule has 0 bridgehead atoms. The van der Waals surface area contributed by atoms with Gasteiger partial charge in [0.15, 0.2) is 0 Å². The molecule has 3 nitrogen and oxygen atoms in total. The summed E-state index contributed by atoms with van der Waals surface area (Å²) in [6.45, 7) is 0. The van der Waals surface area contributed by atoms with E-state index in [1.165, 1.54) is 7.11 Å². The molecule has 0 amide bonds. The van der Waals surface area contributed by atoms with Crippen molar-refractivity contribution in [1.82, 2.24) is 0 Å². The van der Waals surface area contributed by atoms with Crippen LogP contribution in [0, 0.1) is 0 Å². The van der Waals surface area contributed by atoms with E-state index in [0.29, 0.717) is 10.2 Å². The number of hydrogen-bond acceptors (Lipinski definition) is 3. The van der Waals surface area contributed by atoms with Crippen LogP contribution in [-0.4, -0.2) is 28.0 Å². The zero-order valence-electron chi connectivity index (χ0n) is 11.4. The van der Waals surface area contributed by atoms with Crippen LogP contribution in [0.3, 0.4) is 0 Å². The molecule has 0 aromatic heterocycles. The average Bonchev–Trinajstić information content (AvgIpc) is 2.53. The van der Waals surface area contributed by atoms with E-state index in [-0.39, 0.29) is 20.9 Å². The average molecular weight is 411 g/mol. The number of methoxy groups -OCH3 is 1. The van der Waals surface area contributed by atoms with E-state index in [0.717, 1.165) is 14.5 Å². The summed E-state index contributed by atoms with van der Waals surface area (Å²) in [5.74, 6) is -0.376. The second kappa shape index (κ2) is 7.46. The molecule has 0 spiro atoms. The number of carbonyl (C=O) groups is 1. The predicted molar refractivity (Wildman–Crippen MR) is 89.1 cm³/mol. The van der Waals surface area contributed by atoms with Crippen molar-refractivity contribution in [2.45, 2.75) is 0 Å². The number of rotatable bonds is 4. The normalized spacial score (nSPS) is 11.7. The Morgan fingerprint density at radius 3 is 2.29 bits per heavy atom. The maximum absolute atomic E-state index is 12.0. The van der Waals surface area contributed by atoms with E-state index in [1.54, 1.807) is 0 Å². The van der Waals surface area contributed by atoms with E-state index >= 15 is 0 Å². The van der Waals surface area contributed by atoms with Gasteiger partial charge in [0.2, 0.25) is 0 Å². The fraction of sp³-hybridized carbons (Fsp3) is 0.0625. The molecule has 0 fully saturated rings. The fourth-order valence-corrected chi connectivity index (χ4v) is 3.87. The van der Waals surface area contributed by atoms with E-state index in [1.807, 2.05) is 54.6 Å². The van der Waals surface area contributed by atoms with Crippen molar-refractivity contribution in [1.29, 1.82) is 0 Å². The standard InChI is InChI=1S/C16H14BrNO2Se/c1-20-16(19)15(21-13-5-3-2-4-6-13)14(18)11-7-9-12(17)10-8-11/h2-10H,18H2,1H3/b15-14-. The first-order valence-electron chi connectivity index (χ1n) is 6.18. The molecule has 2 aromatic carbocycles. The monoisotopic (exact) mass is 411 g/mol. The first-order chi connectivity index (χ1) is 10.1. The van der Waals surface area contributed by atoms with Gasteiger partial charge in [0.05, 0.1) is 0 Å². The van der Waals surface area contributed by atoms with Gasteiger partial charge in [-0.25, -0.2) is 0 Å². The molecule has 0 radical (unpaired) electrons. The quantitative estimate of drug-likeness (QED) is 0.478. The molecule has 0 aliphatic carbocycles. The SMILES string of the molecule is COC(=O)/C([Se]c1ccccc1)=C(/N)c1ccc(Br)cc1. The van der Waals surface area contributed by atoms with Crippen LogP contribution in [0.25, 0.3) is 5.70 Å². The van der Waals surface area contributed by atoms with Crippen LogP contribution in [0.5, 0.6) is 0 Å². The van der Waals surface area contributed by atoms with Gasteiger partial charge in [-0.05, 0) is 0 Å². The first kappa shape index (κ1) is 15.8. The molecule has 0 saturated carbocycles. The molecule has 0 heterocycles. The molecular weight excluding hydrogens is 397 g/mol. The summed E-state index contributed by atoms with van der Waals surface area (Å²) in [7, 11) is 1.37. The summed E-state index contributed by atoms with van der Waals surface area (Å²) in [6.07, 6.45) is 0. The summed E-state index contributed by atoms with van der Waals surface area (Å²) in [5.41, 5.74) is 7.48. The van der Waals surface area contributed by atoms with Crippen molar-refractivity contribution >= 4 is 47.0 Å². The Morgan fingerprint density at radius 2 is 1.71 bits per heavy atom. The Morgan fingerprint density at radius 1 is 1.10 bits per heavy atom. The molecule has 0 unspecified atom stereocenters. The number of halogens is 1. The van der Waals surface area contributed by atoms with Crippen LogP contribution in [0.15, 0.2) is 63.5 Å². The number of nitrogens with two attached hydrogens (primary N) is 1. The molecule has 21 heavy (non-hydrogen) atoms. The Hall–Kier alpha value is -1.55.